The van der Waals surface area contributed by atoms with E-state index in [1.165, 1.54) is 13.8 Å². The Morgan fingerprint density at radius 3 is 1.73 bits per heavy atom. The van der Waals surface area contributed by atoms with Gasteiger partial charge in [0.1, 0.15) is 13.2 Å². The first-order valence-electron chi connectivity index (χ1n) is 12.0. The summed E-state index contributed by atoms with van der Waals surface area (Å²) in [6.45, 7) is 6.75. The molecular formula is C30H29NO6. The maximum Gasteiger partial charge on any atom is 0.383 e. The number of allylic oxidation sites excluding steroid dienone is 5. The van der Waals surface area contributed by atoms with Gasteiger partial charge in [0, 0.05) is 28.5 Å². The van der Waals surface area contributed by atoms with Crippen LogP contribution in [-0.2, 0) is 41.8 Å². The van der Waals surface area contributed by atoms with E-state index in [1.807, 2.05) is 60.7 Å². The lowest BCUT2D eigenvalue weighted by Crippen LogP contribution is -2.30. The van der Waals surface area contributed by atoms with E-state index in [9.17, 15) is 14.4 Å². The average molecular weight is 500 g/mol. The van der Waals surface area contributed by atoms with Crippen LogP contribution in [0.4, 0.5) is 0 Å². The Bertz CT molecular complexity index is 1310. The van der Waals surface area contributed by atoms with E-state index in [1.54, 1.807) is 19.9 Å². The van der Waals surface area contributed by atoms with Crippen molar-refractivity contribution in [3.05, 3.63) is 118 Å². The third-order valence-electron chi connectivity index (χ3n) is 6.15. The molecule has 1 N–H and O–H groups in total. The number of ether oxygens (including phenoxy) is 3. The Morgan fingerprint density at radius 1 is 0.811 bits per heavy atom. The molecule has 2 heterocycles. The van der Waals surface area contributed by atoms with Crippen LogP contribution in [-0.4, -0.2) is 17.5 Å². The minimum Gasteiger partial charge on any atom is -0.481 e. The van der Waals surface area contributed by atoms with Crippen molar-refractivity contribution < 1.29 is 28.6 Å². The lowest BCUT2D eigenvalue weighted by molar-refractivity contribution is -0.136. The highest BCUT2D eigenvalue weighted by Crippen LogP contribution is 2.37. The van der Waals surface area contributed by atoms with Crippen LogP contribution in [0, 0.1) is 5.92 Å². The SMILES string of the molecule is CC(=O)C1=C(C)NC(C)=C(C(C)=O)C1/C=C1\OC(=O)C(OCc2ccccc2)=C1OCc1ccccc1. The normalized spacial score (nSPS) is 17.2. The van der Waals surface area contributed by atoms with Gasteiger partial charge in [-0.15, -0.1) is 0 Å². The molecule has 4 rings (SSSR count). The van der Waals surface area contributed by atoms with Gasteiger partial charge in [-0.3, -0.25) is 9.59 Å². The molecule has 2 aromatic rings. The third kappa shape index (κ3) is 5.72. The van der Waals surface area contributed by atoms with Crippen LogP contribution in [0.15, 0.2) is 107 Å². The van der Waals surface area contributed by atoms with Crippen LogP contribution in [0.3, 0.4) is 0 Å². The molecular weight excluding hydrogens is 470 g/mol. The second-order valence-electron chi connectivity index (χ2n) is 8.92. The standard InChI is InChI=1S/C30H29NO6/c1-18-26(20(3)32)24(27(21(4)33)19(2)31-18)15-25-28(35-16-22-11-7-5-8-12-22)29(30(34)37-25)36-17-23-13-9-6-10-14-23/h5-15,24,31H,16-17H2,1-4H3/b25-15-. The van der Waals surface area contributed by atoms with E-state index in [-0.39, 0.29) is 42.1 Å². The van der Waals surface area contributed by atoms with Crippen molar-refractivity contribution in [2.45, 2.75) is 40.9 Å². The highest BCUT2D eigenvalue weighted by Gasteiger charge is 2.38. The van der Waals surface area contributed by atoms with Gasteiger partial charge in [0.05, 0.1) is 0 Å². The fourth-order valence-electron chi connectivity index (χ4n) is 4.54. The zero-order valence-corrected chi connectivity index (χ0v) is 21.3. The molecule has 7 heteroatoms. The summed E-state index contributed by atoms with van der Waals surface area (Å²) in [6.07, 6.45) is 1.60. The number of Topliss-reactive ketones (excluding diaryl/α,β-unsaturated/α-hetero) is 2. The Hall–Kier alpha value is -4.39. The van der Waals surface area contributed by atoms with Crippen molar-refractivity contribution in [3.8, 4) is 0 Å². The van der Waals surface area contributed by atoms with Crippen molar-refractivity contribution in [3.63, 3.8) is 0 Å². The number of rotatable bonds is 9. The number of benzene rings is 2. The largest absolute Gasteiger partial charge is 0.481 e. The smallest absolute Gasteiger partial charge is 0.383 e. The van der Waals surface area contributed by atoms with E-state index in [0.29, 0.717) is 22.5 Å². The molecule has 0 atom stereocenters. The van der Waals surface area contributed by atoms with Gasteiger partial charge in [-0.2, -0.15) is 0 Å². The van der Waals surface area contributed by atoms with E-state index in [0.717, 1.165) is 11.1 Å². The molecule has 0 fully saturated rings. The molecule has 0 spiro atoms. The molecule has 2 aliphatic heterocycles. The number of carbonyl (C=O) groups is 3. The molecule has 0 radical (unpaired) electrons. The Morgan fingerprint density at radius 2 is 1.27 bits per heavy atom. The third-order valence-corrected chi connectivity index (χ3v) is 6.15. The fourth-order valence-corrected chi connectivity index (χ4v) is 4.54. The average Bonchev–Trinajstić information content (AvgIpc) is 3.15. The number of carbonyl (C=O) groups excluding carboxylic acids is 3. The van der Waals surface area contributed by atoms with E-state index < -0.39 is 11.9 Å². The summed E-state index contributed by atoms with van der Waals surface area (Å²) in [7, 11) is 0. The summed E-state index contributed by atoms with van der Waals surface area (Å²) >= 11 is 0. The highest BCUT2D eigenvalue weighted by molar-refractivity contribution is 6.02. The minimum absolute atomic E-state index is 0.0601. The molecule has 0 saturated carbocycles. The molecule has 0 saturated heterocycles. The molecule has 190 valence electrons. The van der Waals surface area contributed by atoms with E-state index >= 15 is 0 Å². The monoisotopic (exact) mass is 499 g/mol. The summed E-state index contributed by atoms with van der Waals surface area (Å²) in [6, 6.07) is 18.9. The van der Waals surface area contributed by atoms with Crippen LogP contribution < -0.4 is 5.32 Å². The van der Waals surface area contributed by atoms with Gasteiger partial charge in [-0.25, -0.2) is 4.79 Å². The molecule has 0 bridgehead atoms. The number of hydrogen-bond donors (Lipinski definition) is 1. The fraction of sp³-hybridized carbons (Fsp3) is 0.233. The van der Waals surface area contributed by atoms with Crippen LogP contribution in [0.25, 0.3) is 0 Å². The molecule has 0 aliphatic carbocycles. The number of hydrogen-bond acceptors (Lipinski definition) is 7. The predicted octanol–water partition coefficient (Wildman–Crippen LogP) is 5.02. The summed E-state index contributed by atoms with van der Waals surface area (Å²) in [4.78, 5) is 38.2. The molecule has 2 aliphatic rings. The first-order chi connectivity index (χ1) is 17.8. The van der Waals surface area contributed by atoms with Crippen LogP contribution in [0.5, 0.6) is 0 Å². The van der Waals surface area contributed by atoms with Crippen molar-refractivity contribution in [1.29, 1.82) is 0 Å². The summed E-state index contributed by atoms with van der Waals surface area (Å²) in [5.41, 5.74) is 3.87. The zero-order valence-electron chi connectivity index (χ0n) is 21.3. The second-order valence-corrected chi connectivity index (χ2v) is 8.92. The van der Waals surface area contributed by atoms with Gasteiger partial charge >= 0.3 is 5.97 Å². The number of nitrogens with one attached hydrogen (secondary N) is 1. The molecule has 7 nitrogen and oxygen atoms in total. The maximum atomic E-state index is 12.9. The number of ketones is 2. The van der Waals surface area contributed by atoms with E-state index in [4.69, 9.17) is 14.2 Å². The summed E-state index contributed by atoms with van der Waals surface area (Å²) in [5.74, 6) is -1.64. The molecule has 2 aromatic carbocycles. The van der Waals surface area contributed by atoms with Crippen molar-refractivity contribution in [2.75, 3.05) is 0 Å². The first kappa shape index (κ1) is 25.7. The summed E-state index contributed by atoms with van der Waals surface area (Å²) in [5, 5.41) is 3.12. The summed E-state index contributed by atoms with van der Waals surface area (Å²) < 4.78 is 17.6. The quantitative estimate of drug-likeness (QED) is 0.485. The predicted molar refractivity (Wildman–Crippen MR) is 137 cm³/mol. The van der Waals surface area contributed by atoms with Gasteiger partial charge in [0.15, 0.2) is 17.3 Å². The van der Waals surface area contributed by atoms with Crippen molar-refractivity contribution in [2.24, 2.45) is 5.92 Å². The zero-order chi connectivity index (χ0) is 26.5. The Balaban J connectivity index is 1.76. The first-order valence-corrected chi connectivity index (χ1v) is 12.0. The van der Waals surface area contributed by atoms with Gasteiger partial charge in [0.25, 0.3) is 5.76 Å². The Labute approximate surface area is 216 Å². The van der Waals surface area contributed by atoms with Crippen molar-refractivity contribution >= 4 is 17.5 Å². The minimum atomic E-state index is -0.720. The van der Waals surface area contributed by atoms with E-state index in [2.05, 4.69) is 5.32 Å². The van der Waals surface area contributed by atoms with Gasteiger partial charge in [0.2, 0.25) is 5.76 Å². The molecule has 0 aromatic heterocycles. The van der Waals surface area contributed by atoms with Crippen LogP contribution in [0.1, 0.15) is 38.8 Å². The van der Waals surface area contributed by atoms with Crippen LogP contribution >= 0.6 is 0 Å². The number of esters is 1. The van der Waals surface area contributed by atoms with Gasteiger partial charge < -0.3 is 19.5 Å². The van der Waals surface area contributed by atoms with Gasteiger partial charge in [-0.05, 0) is 44.9 Å². The lowest BCUT2D eigenvalue weighted by atomic mass is 9.81. The Kier molecular flexibility index (Phi) is 7.72. The van der Waals surface area contributed by atoms with Crippen molar-refractivity contribution in [1.82, 2.24) is 5.32 Å². The molecule has 0 unspecified atom stereocenters. The molecule has 37 heavy (non-hydrogen) atoms. The van der Waals surface area contributed by atoms with Crippen LogP contribution in [0.2, 0.25) is 0 Å². The second kappa shape index (κ2) is 11.1. The highest BCUT2D eigenvalue weighted by atomic mass is 16.6. The van der Waals surface area contributed by atoms with Gasteiger partial charge in [-0.1, -0.05) is 60.7 Å². The lowest BCUT2D eigenvalue weighted by Gasteiger charge is -2.28. The maximum absolute atomic E-state index is 12.9. The number of dihydropyridines is 1. The number of cyclic esters (lactones) is 1. The molecule has 0 amide bonds. The topological polar surface area (TPSA) is 90.9 Å².